The van der Waals surface area contributed by atoms with E-state index >= 15 is 0 Å². The van der Waals surface area contributed by atoms with Crippen LogP contribution in [-0.4, -0.2) is 32.6 Å². The van der Waals surface area contributed by atoms with E-state index in [1.807, 2.05) is 44.2 Å². The van der Waals surface area contributed by atoms with Gasteiger partial charge in [0.1, 0.15) is 16.8 Å². The van der Waals surface area contributed by atoms with Gasteiger partial charge in [0.25, 0.3) is 11.5 Å². The highest BCUT2D eigenvalue weighted by atomic mass is 16.5. The number of aryl methyl sites for hydroxylation is 2. The lowest BCUT2D eigenvalue weighted by molar-refractivity contribution is 0.0931. The summed E-state index contributed by atoms with van der Waals surface area (Å²) in [5.74, 6) is -0.401. The van der Waals surface area contributed by atoms with E-state index in [0.29, 0.717) is 36.4 Å². The molecule has 1 aliphatic heterocycles. The van der Waals surface area contributed by atoms with E-state index in [1.54, 1.807) is 16.8 Å². The molecule has 0 radical (unpaired) electrons. The molecule has 3 aromatic heterocycles. The highest BCUT2D eigenvalue weighted by Gasteiger charge is 2.22. The molecule has 174 valence electrons. The van der Waals surface area contributed by atoms with Crippen LogP contribution >= 0.6 is 0 Å². The van der Waals surface area contributed by atoms with E-state index in [0.717, 1.165) is 29.5 Å². The molecule has 1 saturated heterocycles. The van der Waals surface area contributed by atoms with Gasteiger partial charge in [-0.15, -0.1) is 0 Å². The lowest BCUT2D eigenvalue weighted by Crippen LogP contribution is -2.36. The number of nitrogens with one attached hydrogen (secondary N) is 2. The summed E-state index contributed by atoms with van der Waals surface area (Å²) >= 11 is 0. The Morgan fingerprint density at radius 3 is 2.74 bits per heavy atom. The SMILES string of the molecule is Cc1ccc(CNC(=O)c2cc3c(=O)n4cccc(C)c4nc3n(C[C@H]3CCCO3)c2=N)cc1. The van der Waals surface area contributed by atoms with Crippen LogP contribution in [-0.2, 0) is 17.8 Å². The van der Waals surface area contributed by atoms with Crippen molar-refractivity contribution in [2.45, 2.75) is 45.9 Å². The number of amides is 1. The number of hydrogen-bond acceptors (Lipinski definition) is 5. The number of rotatable bonds is 5. The van der Waals surface area contributed by atoms with Crippen molar-refractivity contribution in [2.75, 3.05) is 6.61 Å². The summed E-state index contributed by atoms with van der Waals surface area (Å²) in [6, 6.07) is 13.1. The first-order valence-electron chi connectivity index (χ1n) is 11.5. The summed E-state index contributed by atoms with van der Waals surface area (Å²) < 4.78 is 8.95. The number of hydrogen-bond donors (Lipinski definition) is 2. The topological polar surface area (TPSA) is 101 Å². The fourth-order valence-corrected chi connectivity index (χ4v) is 4.42. The molecule has 8 nitrogen and oxygen atoms in total. The maximum absolute atomic E-state index is 13.4. The molecule has 8 heteroatoms. The zero-order valence-electron chi connectivity index (χ0n) is 19.3. The largest absolute Gasteiger partial charge is 0.376 e. The summed E-state index contributed by atoms with van der Waals surface area (Å²) in [5.41, 5.74) is 3.80. The number of nitrogens with zero attached hydrogens (tertiary/aromatic N) is 3. The molecule has 1 aromatic carbocycles. The van der Waals surface area contributed by atoms with E-state index in [2.05, 4.69) is 5.32 Å². The van der Waals surface area contributed by atoms with E-state index in [1.165, 1.54) is 10.5 Å². The van der Waals surface area contributed by atoms with Crippen LogP contribution in [0.2, 0.25) is 0 Å². The third-order valence-electron chi connectivity index (χ3n) is 6.36. The maximum Gasteiger partial charge on any atom is 0.267 e. The van der Waals surface area contributed by atoms with Gasteiger partial charge in [0.2, 0.25) is 0 Å². The molecular formula is C26H27N5O3. The smallest absolute Gasteiger partial charge is 0.267 e. The minimum absolute atomic E-state index is 0.0224. The molecule has 1 amide bonds. The Bertz CT molecular complexity index is 1510. The molecule has 0 saturated carbocycles. The molecule has 0 bridgehead atoms. The Hall–Kier alpha value is -3.78. The lowest BCUT2D eigenvalue weighted by atomic mass is 10.1. The molecule has 1 fully saturated rings. The minimum Gasteiger partial charge on any atom is -0.376 e. The van der Waals surface area contributed by atoms with Crippen LogP contribution in [0.5, 0.6) is 0 Å². The quantitative estimate of drug-likeness (QED) is 0.450. The van der Waals surface area contributed by atoms with Crippen LogP contribution in [0.25, 0.3) is 16.7 Å². The molecule has 2 N–H and O–H groups in total. The van der Waals surface area contributed by atoms with Crippen LogP contribution in [0, 0.1) is 19.3 Å². The summed E-state index contributed by atoms with van der Waals surface area (Å²) in [7, 11) is 0. The standard InChI is InChI=1S/C26H27N5O3/c1-16-7-9-18(10-8-16)14-28-25(32)20-13-21-24(31(22(20)27)15-19-6-4-12-34-19)29-23-17(2)5-3-11-30(23)26(21)33/h3,5,7-11,13,19,27H,4,6,12,14-15H2,1-2H3,(H,28,32)/t19-/m1/s1. The van der Waals surface area contributed by atoms with Crippen molar-refractivity contribution in [3.8, 4) is 0 Å². The number of carbonyl (C=O) groups excluding carboxylic acids is 1. The molecule has 4 heterocycles. The third-order valence-corrected chi connectivity index (χ3v) is 6.36. The normalized spacial score (nSPS) is 15.8. The van der Waals surface area contributed by atoms with Crippen molar-refractivity contribution in [3.63, 3.8) is 0 Å². The maximum atomic E-state index is 13.4. The van der Waals surface area contributed by atoms with Crippen molar-refractivity contribution >= 4 is 22.6 Å². The van der Waals surface area contributed by atoms with Crippen LogP contribution < -0.4 is 16.4 Å². The first-order valence-corrected chi connectivity index (χ1v) is 11.5. The van der Waals surface area contributed by atoms with Gasteiger partial charge in [-0.25, -0.2) is 4.98 Å². The van der Waals surface area contributed by atoms with Gasteiger partial charge in [-0.2, -0.15) is 0 Å². The zero-order chi connectivity index (χ0) is 23.8. The summed E-state index contributed by atoms with van der Waals surface area (Å²) in [6.45, 7) is 5.27. The number of pyridine rings is 2. The predicted molar refractivity (Wildman–Crippen MR) is 129 cm³/mol. The monoisotopic (exact) mass is 457 g/mol. The Kier molecular flexibility index (Phi) is 5.75. The highest BCUT2D eigenvalue weighted by molar-refractivity contribution is 5.96. The fraction of sp³-hybridized carbons (Fsp3) is 0.308. The van der Waals surface area contributed by atoms with Gasteiger partial charge in [-0.05, 0) is 49.9 Å². The molecule has 1 atom stereocenters. The Morgan fingerprint density at radius 1 is 1.21 bits per heavy atom. The van der Waals surface area contributed by atoms with Gasteiger partial charge in [-0.3, -0.25) is 19.4 Å². The van der Waals surface area contributed by atoms with E-state index in [4.69, 9.17) is 15.1 Å². The Balaban J connectivity index is 1.63. The zero-order valence-corrected chi connectivity index (χ0v) is 19.3. The minimum atomic E-state index is -0.401. The second kappa shape index (κ2) is 8.87. The second-order valence-electron chi connectivity index (χ2n) is 8.86. The predicted octanol–water partition coefficient (Wildman–Crippen LogP) is 2.85. The number of fused-ring (bicyclic) bond motifs is 2. The Morgan fingerprint density at radius 2 is 2.00 bits per heavy atom. The molecule has 0 spiro atoms. The summed E-state index contributed by atoms with van der Waals surface area (Å²) in [4.78, 5) is 31.3. The van der Waals surface area contributed by atoms with Gasteiger partial charge in [0, 0.05) is 19.3 Å². The molecule has 5 rings (SSSR count). The van der Waals surface area contributed by atoms with E-state index in [9.17, 15) is 9.59 Å². The Labute approximate surface area is 196 Å². The number of ether oxygens (including phenoxy) is 1. The first kappa shape index (κ1) is 22.0. The van der Waals surface area contributed by atoms with Gasteiger partial charge >= 0.3 is 0 Å². The van der Waals surface area contributed by atoms with Crippen LogP contribution in [0.1, 0.15) is 39.9 Å². The number of carbonyl (C=O) groups is 1. The van der Waals surface area contributed by atoms with Crippen molar-refractivity contribution in [1.82, 2.24) is 19.3 Å². The van der Waals surface area contributed by atoms with Gasteiger partial charge < -0.3 is 14.6 Å². The van der Waals surface area contributed by atoms with Crippen LogP contribution in [0.4, 0.5) is 0 Å². The fourth-order valence-electron chi connectivity index (χ4n) is 4.42. The van der Waals surface area contributed by atoms with Crippen molar-refractivity contribution < 1.29 is 9.53 Å². The van der Waals surface area contributed by atoms with Crippen molar-refractivity contribution in [2.24, 2.45) is 0 Å². The van der Waals surface area contributed by atoms with Crippen LogP contribution in [0.3, 0.4) is 0 Å². The summed E-state index contributed by atoms with van der Waals surface area (Å²) in [6.07, 6.45) is 3.41. The third kappa shape index (κ3) is 4.01. The van der Waals surface area contributed by atoms with Gasteiger partial charge in [-0.1, -0.05) is 35.9 Å². The number of benzene rings is 1. The highest BCUT2D eigenvalue weighted by Crippen LogP contribution is 2.17. The molecule has 0 aliphatic carbocycles. The average Bonchev–Trinajstić information content (AvgIpc) is 3.34. The van der Waals surface area contributed by atoms with E-state index in [-0.39, 0.29) is 22.7 Å². The first-order chi connectivity index (χ1) is 16.4. The van der Waals surface area contributed by atoms with E-state index < -0.39 is 5.91 Å². The molecule has 0 unspecified atom stereocenters. The molecule has 34 heavy (non-hydrogen) atoms. The molecule has 1 aliphatic rings. The van der Waals surface area contributed by atoms with Crippen molar-refractivity contribution in [1.29, 1.82) is 5.41 Å². The lowest BCUT2D eigenvalue weighted by Gasteiger charge is -2.18. The molecule has 4 aromatic rings. The number of aromatic nitrogens is 3. The average molecular weight is 458 g/mol. The second-order valence-corrected chi connectivity index (χ2v) is 8.86. The molecular weight excluding hydrogens is 430 g/mol. The summed E-state index contributed by atoms with van der Waals surface area (Å²) in [5, 5.41) is 12.1. The van der Waals surface area contributed by atoms with Gasteiger partial charge in [0.05, 0.1) is 23.6 Å². The van der Waals surface area contributed by atoms with Gasteiger partial charge in [0.15, 0.2) is 0 Å². The van der Waals surface area contributed by atoms with Crippen molar-refractivity contribution in [3.05, 3.63) is 86.8 Å². The van der Waals surface area contributed by atoms with Crippen LogP contribution in [0.15, 0.2) is 53.5 Å².